The predicted molar refractivity (Wildman–Crippen MR) is 89.9 cm³/mol. The number of nitrogens with one attached hydrogen (secondary N) is 1. The van der Waals surface area contributed by atoms with Crippen molar-refractivity contribution in [1.82, 2.24) is 0 Å². The molecule has 3 atom stereocenters. The van der Waals surface area contributed by atoms with E-state index < -0.39 is 0 Å². The van der Waals surface area contributed by atoms with Gasteiger partial charge in [0.05, 0.1) is 16.8 Å². The van der Waals surface area contributed by atoms with Crippen LogP contribution in [0, 0.1) is 11.8 Å². The van der Waals surface area contributed by atoms with Gasteiger partial charge in [-0.25, -0.2) is 0 Å². The molecule has 1 aromatic carbocycles. The Labute approximate surface area is 135 Å². The van der Waals surface area contributed by atoms with Crippen molar-refractivity contribution in [2.24, 2.45) is 11.8 Å². The first-order valence-electron chi connectivity index (χ1n) is 7.39. The fourth-order valence-electron chi connectivity index (χ4n) is 3.04. The van der Waals surface area contributed by atoms with Crippen LogP contribution in [0.5, 0.6) is 5.75 Å². The van der Waals surface area contributed by atoms with Crippen LogP contribution in [-0.4, -0.2) is 12.6 Å². The van der Waals surface area contributed by atoms with Crippen LogP contribution in [0.1, 0.15) is 40.0 Å². The highest BCUT2D eigenvalue weighted by Gasteiger charge is 2.26. The smallest absolute Gasteiger partial charge is 0.156 e. The molecule has 0 saturated heterocycles. The number of hydrogen-bond donors (Lipinski definition) is 1. The Bertz CT molecular complexity index is 466. The number of benzene rings is 1. The maximum absolute atomic E-state index is 6.17. The summed E-state index contributed by atoms with van der Waals surface area (Å²) in [5.74, 6) is 2.37. The van der Waals surface area contributed by atoms with Crippen molar-refractivity contribution >= 4 is 33.2 Å². The van der Waals surface area contributed by atoms with Crippen molar-refractivity contribution < 1.29 is 4.74 Å². The number of rotatable bonds is 4. The third-order valence-corrected chi connectivity index (χ3v) is 4.88. The van der Waals surface area contributed by atoms with Gasteiger partial charge in [0.2, 0.25) is 0 Å². The van der Waals surface area contributed by atoms with E-state index in [0.29, 0.717) is 18.6 Å². The largest absolute Gasteiger partial charge is 0.491 e. The molecule has 0 amide bonds. The number of anilines is 1. The second-order valence-corrected chi connectivity index (χ2v) is 7.13. The van der Waals surface area contributed by atoms with E-state index in [0.717, 1.165) is 26.9 Å². The van der Waals surface area contributed by atoms with E-state index in [1.807, 2.05) is 19.1 Å². The van der Waals surface area contributed by atoms with Crippen molar-refractivity contribution in [3.8, 4) is 5.75 Å². The minimum Gasteiger partial charge on any atom is -0.491 e. The zero-order valence-electron chi connectivity index (χ0n) is 12.4. The molecule has 0 radical (unpaired) electrons. The molecule has 20 heavy (non-hydrogen) atoms. The maximum atomic E-state index is 6.17. The Kier molecular flexibility index (Phi) is 5.62. The van der Waals surface area contributed by atoms with Crippen LogP contribution in [0.15, 0.2) is 16.6 Å². The highest BCUT2D eigenvalue weighted by Crippen LogP contribution is 2.39. The Morgan fingerprint density at radius 3 is 2.75 bits per heavy atom. The molecular formula is C16H23BrClNO. The lowest BCUT2D eigenvalue weighted by Gasteiger charge is -2.34. The van der Waals surface area contributed by atoms with Gasteiger partial charge in [-0.2, -0.15) is 0 Å². The van der Waals surface area contributed by atoms with Crippen molar-refractivity contribution in [2.75, 3.05) is 11.9 Å². The number of ether oxygens (including phenoxy) is 1. The predicted octanol–water partition coefficient (Wildman–Crippen LogP) is 5.74. The van der Waals surface area contributed by atoms with Crippen molar-refractivity contribution in [3.05, 3.63) is 21.6 Å². The van der Waals surface area contributed by atoms with E-state index in [1.54, 1.807) is 0 Å². The van der Waals surface area contributed by atoms with Crippen LogP contribution in [0.2, 0.25) is 5.02 Å². The first-order chi connectivity index (χ1) is 9.51. The quantitative estimate of drug-likeness (QED) is 0.739. The molecule has 4 heteroatoms. The topological polar surface area (TPSA) is 21.3 Å². The molecule has 1 N–H and O–H groups in total. The summed E-state index contributed by atoms with van der Waals surface area (Å²) >= 11 is 9.71. The summed E-state index contributed by atoms with van der Waals surface area (Å²) in [4.78, 5) is 0. The average Bonchev–Trinajstić information content (AvgIpc) is 2.37. The molecule has 1 fully saturated rings. The number of halogens is 2. The van der Waals surface area contributed by atoms with Gasteiger partial charge >= 0.3 is 0 Å². The summed E-state index contributed by atoms with van der Waals surface area (Å²) in [6.45, 7) is 7.31. The zero-order valence-corrected chi connectivity index (χ0v) is 14.7. The average molecular weight is 361 g/mol. The van der Waals surface area contributed by atoms with Crippen molar-refractivity contribution in [3.63, 3.8) is 0 Å². The Balaban J connectivity index is 2.19. The first kappa shape index (κ1) is 16.0. The highest BCUT2D eigenvalue weighted by molar-refractivity contribution is 9.10. The van der Waals surface area contributed by atoms with E-state index in [9.17, 15) is 0 Å². The van der Waals surface area contributed by atoms with Crippen LogP contribution in [-0.2, 0) is 0 Å². The molecule has 0 bridgehead atoms. The Morgan fingerprint density at radius 2 is 2.10 bits per heavy atom. The van der Waals surface area contributed by atoms with Crippen LogP contribution in [0.25, 0.3) is 0 Å². The molecule has 112 valence electrons. The summed E-state index contributed by atoms with van der Waals surface area (Å²) in [5.41, 5.74) is 0.998. The van der Waals surface area contributed by atoms with Gasteiger partial charge in [0.15, 0.2) is 5.75 Å². The van der Waals surface area contributed by atoms with Gasteiger partial charge in [-0.3, -0.25) is 0 Å². The van der Waals surface area contributed by atoms with Crippen LogP contribution < -0.4 is 10.1 Å². The van der Waals surface area contributed by atoms with Gasteiger partial charge in [-0.15, -0.1) is 0 Å². The van der Waals surface area contributed by atoms with E-state index in [4.69, 9.17) is 16.3 Å². The molecule has 2 rings (SSSR count). The fourth-order valence-corrected chi connectivity index (χ4v) is 3.96. The SMILES string of the molecule is CCOc1c(Br)cc(Cl)cc1NC1CCC(C)CC1C. The second-order valence-electron chi connectivity index (χ2n) is 5.84. The molecule has 0 spiro atoms. The molecule has 0 aliphatic heterocycles. The van der Waals surface area contributed by atoms with Gasteiger partial charge < -0.3 is 10.1 Å². The Morgan fingerprint density at radius 1 is 1.35 bits per heavy atom. The van der Waals surface area contributed by atoms with E-state index >= 15 is 0 Å². The summed E-state index contributed by atoms with van der Waals surface area (Å²) in [6.07, 6.45) is 3.77. The molecular weight excluding hydrogens is 338 g/mol. The minimum absolute atomic E-state index is 0.496. The number of hydrogen-bond acceptors (Lipinski definition) is 2. The Hall–Kier alpha value is -0.410. The normalized spacial score (nSPS) is 26.4. The lowest BCUT2D eigenvalue weighted by molar-refractivity contribution is 0.275. The first-order valence-corrected chi connectivity index (χ1v) is 8.56. The lowest BCUT2D eigenvalue weighted by atomic mass is 9.80. The fraction of sp³-hybridized carbons (Fsp3) is 0.625. The van der Waals surface area contributed by atoms with Gasteiger partial charge in [-0.1, -0.05) is 25.4 Å². The van der Waals surface area contributed by atoms with Crippen LogP contribution in [0.4, 0.5) is 5.69 Å². The third-order valence-electron chi connectivity index (χ3n) is 4.07. The highest BCUT2D eigenvalue weighted by atomic mass is 79.9. The van der Waals surface area contributed by atoms with Crippen molar-refractivity contribution in [2.45, 2.75) is 46.1 Å². The molecule has 3 unspecified atom stereocenters. The zero-order chi connectivity index (χ0) is 14.7. The summed E-state index contributed by atoms with van der Waals surface area (Å²) in [5, 5.41) is 4.37. The third kappa shape index (κ3) is 3.82. The van der Waals surface area contributed by atoms with Gasteiger partial charge in [0.25, 0.3) is 0 Å². The van der Waals surface area contributed by atoms with Crippen molar-refractivity contribution in [1.29, 1.82) is 0 Å². The van der Waals surface area contributed by atoms with E-state index in [2.05, 4.69) is 35.1 Å². The maximum Gasteiger partial charge on any atom is 0.156 e. The summed E-state index contributed by atoms with van der Waals surface area (Å²) in [6, 6.07) is 4.34. The summed E-state index contributed by atoms with van der Waals surface area (Å²) in [7, 11) is 0. The summed E-state index contributed by atoms with van der Waals surface area (Å²) < 4.78 is 6.66. The van der Waals surface area contributed by atoms with E-state index in [1.165, 1.54) is 19.3 Å². The van der Waals surface area contributed by atoms with Gasteiger partial charge in [0, 0.05) is 11.1 Å². The van der Waals surface area contributed by atoms with Gasteiger partial charge in [0.1, 0.15) is 0 Å². The van der Waals surface area contributed by atoms with Crippen LogP contribution in [0.3, 0.4) is 0 Å². The molecule has 1 aliphatic rings. The van der Waals surface area contributed by atoms with E-state index in [-0.39, 0.29) is 0 Å². The molecule has 1 saturated carbocycles. The molecule has 1 aliphatic carbocycles. The standard InChI is InChI=1S/C16H23BrClNO/c1-4-20-16-13(17)8-12(18)9-15(16)19-14-6-5-10(2)7-11(14)3/h8-11,14,19H,4-7H2,1-3H3. The molecule has 1 aromatic rings. The molecule has 0 aromatic heterocycles. The molecule has 0 heterocycles. The molecule has 2 nitrogen and oxygen atoms in total. The second kappa shape index (κ2) is 7.04. The minimum atomic E-state index is 0.496. The monoisotopic (exact) mass is 359 g/mol. The lowest BCUT2D eigenvalue weighted by Crippen LogP contribution is -2.33. The van der Waals surface area contributed by atoms with Gasteiger partial charge in [-0.05, 0) is 66.1 Å². The van der Waals surface area contributed by atoms with Crippen LogP contribution >= 0.6 is 27.5 Å².